The number of hydrogen-bond donors (Lipinski definition) is 0. The van der Waals surface area contributed by atoms with Crippen molar-refractivity contribution in [3.05, 3.63) is 104 Å². The summed E-state index contributed by atoms with van der Waals surface area (Å²) in [6.07, 6.45) is 1.54. The number of nitrogens with zero attached hydrogens (tertiary/aromatic N) is 2. The summed E-state index contributed by atoms with van der Waals surface area (Å²) in [7, 11) is 1.44. The maximum atomic E-state index is 14.0. The van der Waals surface area contributed by atoms with E-state index in [2.05, 4.69) is 0 Å². The Labute approximate surface area is 204 Å². The van der Waals surface area contributed by atoms with Gasteiger partial charge in [0.15, 0.2) is 11.5 Å². The van der Waals surface area contributed by atoms with E-state index in [1.807, 2.05) is 0 Å². The minimum Gasteiger partial charge on any atom is -0.493 e. The Bertz CT molecular complexity index is 1340. The topological polar surface area (TPSA) is 99.0 Å². The molecule has 0 unspecified atom stereocenters. The first-order valence-corrected chi connectivity index (χ1v) is 11.2. The molecule has 35 heavy (non-hydrogen) atoms. The molecule has 0 aromatic heterocycles. The highest BCUT2D eigenvalue weighted by Crippen LogP contribution is 2.36. The van der Waals surface area contributed by atoms with E-state index < -0.39 is 21.9 Å². The van der Waals surface area contributed by atoms with Crippen LogP contribution >= 0.6 is 11.8 Å². The second kappa shape index (κ2) is 10.4. The molecule has 0 spiro atoms. The lowest BCUT2D eigenvalue weighted by Gasteiger charge is -2.13. The normalized spacial score (nSPS) is 14.5. The number of rotatable bonds is 8. The number of nitro benzene ring substituents is 1. The summed E-state index contributed by atoms with van der Waals surface area (Å²) in [6, 6.07) is 17.2. The molecule has 0 bridgehead atoms. The molecule has 1 aliphatic heterocycles. The number of halogens is 1. The molecule has 0 atom stereocenters. The van der Waals surface area contributed by atoms with E-state index in [1.165, 1.54) is 31.4 Å². The quantitative estimate of drug-likeness (QED) is 0.230. The zero-order valence-corrected chi connectivity index (χ0v) is 19.3. The van der Waals surface area contributed by atoms with Gasteiger partial charge in [-0.05, 0) is 47.7 Å². The van der Waals surface area contributed by atoms with E-state index >= 15 is 0 Å². The predicted octanol–water partition coefficient (Wildman–Crippen LogP) is 5.56. The van der Waals surface area contributed by atoms with Crippen molar-refractivity contribution in [2.24, 2.45) is 0 Å². The second-order valence-electron chi connectivity index (χ2n) is 7.44. The first-order chi connectivity index (χ1) is 16.9. The molecule has 0 saturated carbocycles. The molecule has 1 heterocycles. The Balaban J connectivity index is 1.50. The van der Waals surface area contributed by atoms with Gasteiger partial charge in [-0.15, -0.1) is 0 Å². The highest BCUT2D eigenvalue weighted by molar-refractivity contribution is 8.18. The molecule has 3 aromatic rings. The number of nitro groups is 1. The fourth-order valence-electron chi connectivity index (χ4n) is 3.44. The molecule has 4 rings (SSSR count). The van der Waals surface area contributed by atoms with Gasteiger partial charge in [0.25, 0.3) is 16.8 Å². The molecular weight excluding hydrogens is 475 g/mol. The predicted molar refractivity (Wildman–Crippen MR) is 128 cm³/mol. The van der Waals surface area contributed by atoms with Crippen molar-refractivity contribution in [1.29, 1.82) is 0 Å². The molecule has 0 radical (unpaired) electrons. The molecule has 3 aromatic carbocycles. The van der Waals surface area contributed by atoms with Gasteiger partial charge in [0.2, 0.25) is 0 Å². The third-order valence-corrected chi connectivity index (χ3v) is 6.12. The zero-order chi connectivity index (χ0) is 24.9. The van der Waals surface area contributed by atoms with Gasteiger partial charge in [0, 0.05) is 11.6 Å². The van der Waals surface area contributed by atoms with Crippen molar-refractivity contribution >= 4 is 34.7 Å². The number of imide groups is 1. The van der Waals surface area contributed by atoms with Gasteiger partial charge < -0.3 is 9.47 Å². The van der Waals surface area contributed by atoms with E-state index in [0.717, 1.165) is 16.7 Å². The van der Waals surface area contributed by atoms with Crippen molar-refractivity contribution in [3.8, 4) is 11.5 Å². The van der Waals surface area contributed by atoms with Gasteiger partial charge in [-0.1, -0.05) is 36.4 Å². The smallest absolute Gasteiger partial charge is 0.293 e. The zero-order valence-electron chi connectivity index (χ0n) is 18.5. The molecule has 0 aliphatic carbocycles. The van der Waals surface area contributed by atoms with E-state index in [9.17, 15) is 24.1 Å². The molecular formula is C25H19FN2O6S. The van der Waals surface area contributed by atoms with E-state index in [-0.39, 0.29) is 29.3 Å². The number of thioether (sulfide) groups is 1. The van der Waals surface area contributed by atoms with Gasteiger partial charge in [0.05, 0.1) is 29.0 Å². The number of carbonyl (C=O) groups excluding carboxylic acids is 2. The Hall–Kier alpha value is -4.18. The third kappa shape index (κ3) is 5.33. The van der Waals surface area contributed by atoms with Crippen LogP contribution in [0.3, 0.4) is 0 Å². The van der Waals surface area contributed by atoms with Crippen molar-refractivity contribution in [2.75, 3.05) is 7.11 Å². The summed E-state index contributed by atoms with van der Waals surface area (Å²) in [4.78, 5) is 37.1. The van der Waals surface area contributed by atoms with Gasteiger partial charge in [-0.2, -0.15) is 0 Å². The number of methoxy groups -OCH3 is 1. The average Bonchev–Trinajstić information content (AvgIpc) is 3.11. The van der Waals surface area contributed by atoms with Crippen molar-refractivity contribution in [2.45, 2.75) is 13.2 Å². The minimum atomic E-state index is -0.515. The summed E-state index contributed by atoms with van der Waals surface area (Å²) in [6.45, 7) is -0.196. The molecule has 1 saturated heterocycles. The maximum absolute atomic E-state index is 14.0. The molecule has 10 heteroatoms. The molecule has 8 nitrogen and oxygen atoms in total. The monoisotopic (exact) mass is 494 g/mol. The molecule has 178 valence electrons. The van der Waals surface area contributed by atoms with Gasteiger partial charge in [-0.3, -0.25) is 24.6 Å². The van der Waals surface area contributed by atoms with Crippen LogP contribution in [0.4, 0.5) is 14.9 Å². The number of benzene rings is 3. The maximum Gasteiger partial charge on any atom is 0.293 e. The second-order valence-corrected chi connectivity index (χ2v) is 8.44. The third-order valence-electron chi connectivity index (χ3n) is 5.22. The first-order valence-electron chi connectivity index (χ1n) is 10.4. The largest absolute Gasteiger partial charge is 0.493 e. The highest BCUT2D eigenvalue weighted by Gasteiger charge is 2.35. The number of ether oxygens (including phenoxy) is 2. The van der Waals surface area contributed by atoms with Crippen LogP contribution in [0.25, 0.3) is 6.08 Å². The number of amides is 2. The fourth-order valence-corrected chi connectivity index (χ4v) is 4.28. The Morgan fingerprint density at radius 1 is 1.03 bits per heavy atom. The van der Waals surface area contributed by atoms with Crippen molar-refractivity contribution < 1.29 is 28.4 Å². The van der Waals surface area contributed by atoms with Crippen LogP contribution in [0.5, 0.6) is 11.5 Å². The molecule has 1 aliphatic rings. The SMILES string of the molecule is COc1cc(/C=C2\SC(=O)N(Cc3ccccc3F)C2=O)ccc1OCc1ccccc1[N+](=O)[O-]. The number of para-hydroxylation sites is 1. The first kappa shape index (κ1) is 24.0. The lowest BCUT2D eigenvalue weighted by Crippen LogP contribution is -2.27. The number of hydrogen-bond acceptors (Lipinski definition) is 7. The van der Waals surface area contributed by atoms with E-state index in [4.69, 9.17) is 9.47 Å². The summed E-state index contributed by atoms with van der Waals surface area (Å²) >= 11 is 0.771. The Kier molecular flexibility index (Phi) is 7.11. The van der Waals surface area contributed by atoms with Crippen LogP contribution in [-0.4, -0.2) is 28.1 Å². The number of carbonyl (C=O) groups is 2. The van der Waals surface area contributed by atoms with Gasteiger partial charge >= 0.3 is 0 Å². The standard InChI is InChI=1S/C25H19FN2O6S/c1-33-22-12-16(10-11-21(22)34-15-18-7-3-5-9-20(18)28(31)32)13-23-24(29)27(25(30)35-23)14-17-6-2-4-8-19(17)26/h2-13H,14-15H2,1H3/b23-13-. The Morgan fingerprint density at radius 2 is 1.74 bits per heavy atom. The van der Waals surface area contributed by atoms with Crippen LogP contribution in [0.15, 0.2) is 71.6 Å². The average molecular weight is 495 g/mol. The van der Waals surface area contributed by atoms with Crippen LogP contribution in [-0.2, 0) is 17.9 Å². The van der Waals surface area contributed by atoms with E-state index in [0.29, 0.717) is 22.6 Å². The summed E-state index contributed by atoms with van der Waals surface area (Å²) < 4.78 is 25.1. The van der Waals surface area contributed by atoms with Crippen molar-refractivity contribution in [1.82, 2.24) is 4.90 Å². The van der Waals surface area contributed by atoms with Crippen LogP contribution < -0.4 is 9.47 Å². The summed E-state index contributed by atoms with van der Waals surface area (Å²) in [5.74, 6) is -0.297. The van der Waals surface area contributed by atoms with E-state index in [1.54, 1.807) is 48.5 Å². The lowest BCUT2D eigenvalue weighted by molar-refractivity contribution is -0.385. The molecule has 2 amide bonds. The van der Waals surface area contributed by atoms with Gasteiger partial charge in [0.1, 0.15) is 12.4 Å². The van der Waals surface area contributed by atoms with Crippen LogP contribution in [0.2, 0.25) is 0 Å². The summed E-state index contributed by atoms with van der Waals surface area (Å²) in [5, 5.41) is 10.7. The highest BCUT2D eigenvalue weighted by atomic mass is 32.2. The summed E-state index contributed by atoms with van der Waals surface area (Å²) in [5.41, 5.74) is 1.19. The van der Waals surface area contributed by atoms with Crippen LogP contribution in [0.1, 0.15) is 16.7 Å². The van der Waals surface area contributed by atoms with Gasteiger partial charge in [-0.25, -0.2) is 4.39 Å². The fraction of sp³-hybridized carbons (Fsp3) is 0.120. The Morgan fingerprint density at radius 3 is 2.46 bits per heavy atom. The molecule has 1 fully saturated rings. The van der Waals surface area contributed by atoms with Crippen molar-refractivity contribution in [3.63, 3.8) is 0 Å². The lowest BCUT2D eigenvalue weighted by atomic mass is 10.1. The molecule has 0 N–H and O–H groups in total. The minimum absolute atomic E-state index is 0.0399. The van der Waals surface area contributed by atoms with Crippen LogP contribution in [0, 0.1) is 15.9 Å².